The average molecular weight is 252 g/mol. The van der Waals surface area contributed by atoms with Gasteiger partial charge in [0.25, 0.3) is 5.69 Å². The molecule has 1 aliphatic heterocycles. The monoisotopic (exact) mass is 252 g/mol. The molecule has 4 nitrogen and oxygen atoms in total. The van der Waals surface area contributed by atoms with Gasteiger partial charge in [-0.1, -0.05) is 6.07 Å². The van der Waals surface area contributed by atoms with Crippen molar-refractivity contribution in [1.29, 1.82) is 0 Å². The summed E-state index contributed by atoms with van der Waals surface area (Å²) >= 11 is 1.94. The first-order chi connectivity index (χ1) is 8.16. The molecule has 2 rings (SSSR count). The standard InChI is InChI=1S/C12H16N2O2S/c1-9-4-5-10(7-12(9)14(15)16)13-11-3-2-6-17-8-11/h4-5,7,11,13H,2-3,6,8H2,1H3. The second kappa shape index (κ2) is 5.40. The third-order valence-electron chi connectivity index (χ3n) is 2.94. The van der Waals surface area contributed by atoms with Crippen molar-refractivity contribution in [3.63, 3.8) is 0 Å². The second-order valence-corrected chi connectivity index (χ2v) is 5.47. The van der Waals surface area contributed by atoms with Crippen molar-refractivity contribution in [2.75, 3.05) is 16.8 Å². The highest BCUT2D eigenvalue weighted by molar-refractivity contribution is 7.99. The fraction of sp³-hybridized carbons (Fsp3) is 0.500. The maximum Gasteiger partial charge on any atom is 0.274 e. The molecule has 17 heavy (non-hydrogen) atoms. The molecule has 1 heterocycles. The Kier molecular flexibility index (Phi) is 3.89. The number of nitro groups is 1. The lowest BCUT2D eigenvalue weighted by Crippen LogP contribution is -2.25. The summed E-state index contributed by atoms with van der Waals surface area (Å²) in [5, 5.41) is 14.2. The van der Waals surface area contributed by atoms with Gasteiger partial charge in [0.15, 0.2) is 0 Å². The number of nitrogens with zero attached hydrogens (tertiary/aromatic N) is 1. The Bertz CT molecular complexity index is 417. The van der Waals surface area contributed by atoms with Crippen molar-refractivity contribution in [3.05, 3.63) is 33.9 Å². The van der Waals surface area contributed by atoms with Crippen LogP contribution in [-0.4, -0.2) is 22.5 Å². The fourth-order valence-electron chi connectivity index (χ4n) is 1.99. The molecule has 1 fully saturated rings. The number of hydrogen-bond acceptors (Lipinski definition) is 4. The van der Waals surface area contributed by atoms with Crippen molar-refractivity contribution < 1.29 is 4.92 Å². The number of anilines is 1. The largest absolute Gasteiger partial charge is 0.381 e. The maximum absolute atomic E-state index is 10.8. The molecule has 1 N–H and O–H groups in total. The van der Waals surface area contributed by atoms with Gasteiger partial charge in [-0.15, -0.1) is 0 Å². The minimum absolute atomic E-state index is 0.193. The number of hydrogen-bond donors (Lipinski definition) is 1. The van der Waals surface area contributed by atoms with E-state index in [4.69, 9.17) is 0 Å². The van der Waals surface area contributed by atoms with Gasteiger partial charge in [-0.2, -0.15) is 11.8 Å². The van der Waals surface area contributed by atoms with Gasteiger partial charge in [-0.25, -0.2) is 0 Å². The molecule has 0 radical (unpaired) electrons. The van der Waals surface area contributed by atoms with Crippen LogP contribution in [0.15, 0.2) is 18.2 Å². The molecule has 5 heteroatoms. The van der Waals surface area contributed by atoms with E-state index in [-0.39, 0.29) is 10.6 Å². The lowest BCUT2D eigenvalue weighted by molar-refractivity contribution is -0.385. The van der Waals surface area contributed by atoms with Crippen LogP contribution >= 0.6 is 11.8 Å². The first-order valence-corrected chi connectivity index (χ1v) is 6.91. The van der Waals surface area contributed by atoms with Crippen LogP contribution in [0.4, 0.5) is 11.4 Å². The highest BCUT2D eigenvalue weighted by Crippen LogP contribution is 2.25. The van der Waals surface area contributed by atoms with Crippen molar-refractivity contribution >= 4 is 23.1 Å². The molecule has 0 aromatic heterocycles. The zero-order chi connectivity index (χ0) is 12.3. The minimum atomic E-state index is -0.323. The SMILES string of the molecule is Cc1ccc(NC2CCCSC2)cc1[N+](=O)[O-]. The predicted octanol–water partition coefficient (Wildman–Crippen LogP) is 3.21. The summed E-state index contributed by atoms with van der Waals surface area (Å²) in [5.74, 6) is 2.31. The van der Waals surface area contributed by atoms with E-state index in [0.717, 1.165) is 17.9 Å². The number of aryl methyl sites for hydroxylation is 1. The van der Waals surface area contributed by atoms with Crippen LogP contribution in [0.3, 0.4) is 0 Å². The van der Waals surface area contributed by atoms with E-state index in [1.807, 2.05) is 17.8 Å². The number of nitrogens with one attached hydrogen (secondary N) is 1. The summed E-state index contributed by atoms with van der Waals surface area (Å²) in [4.78, 5) is 10.5. The first kappa shape index (κ1) is 12.2. The number of benzene rings is 1. The zero-order valence-electron chi connectivity index (χ0n) is 9.81. The zero-order valence-corrected chi connectivity index (χ0v) is 10.6. The number of nitro benzene ring substituents is 1. The predicted molar refractivity (Wildman–Crippen MR) is 71.8 cm³/mol. The van der Waals surface area contributed by atoms with Gasteiger partial charge in [0.05, 0.1) is 4.92 Å². The molecule has 1 aromatic rings. The van der Waals surface area contributed by atoms with Crippen molar-refractivity contribution in [1.82, 2.24) is 0 Å². The van der Waals surface area contributed by atoms with Gasteiger partial charge in [-0.05, 0) is 31.6 Å². The third kappa shape index (κ3) is 3.12. The quantitative estimate of drug-likeness (QED) is 0.663. The molecule has 0 amide bonds. The summed E-state index contributed by atoms with van der Waals surface area (Å²) in [5.41, 5.74) is 1.76. The summed E-state index contributed by atoms with van der Waals surface area (Å²) in [6, 6.07) is 5.79. The summed E-state index contributed by atoms with van der Waals surface area (Å²) < 4.78 is 0. The second-order valence-electron chi connectivity index (χ2n) is 4.32. The Morgan fingerprint density at radius 2 is 2.35 bits per heavy atom. The van der Waals surface area contributed by atoms with Crippen LogP contribution in [-0.2, 0) is 0 Å². The van der Waals surface area contributed by atoms with Crippen LogP contribution in [0.1, 0.15) is 18.4 Å². The fourth-order valence-corrected chi connectivity index (χ4v) is 3.06. The topological polar surface area (TPSA) is 55.2 Å². The molecule has 1 aromatic carbocycles. The smallest absolute Gasteiger partial charge is 0.274 e. The van der Waals surface area contributed by atoms with Crippen molar-refractivity contribution in [2.24, 2.45) is 0 Å². The lowest BCUT2D eigenvalue weighted by atomic mass is 10.1. The molecular formula is C12H16N2O2S. The van der Waals surface area contributed by atoms with E-state index in [9.17, 15) is 10.1 Å². The number of rotatable bonds is 3. The van der Waals surface area contributed by atoms with E-state index in [1.165, 1.54) is 12.2 Å². The molecule has 1 aliphatic rings. The van der Waals surface area contributed by atoms with Crippen molar-refractivity contribution in [3.8, 4) is 0 Å². The number of thioether (sulfide) groups is 1. The molecule has 1 saturated heterocycles. The van der Waals surface area contributed by atoms with Gasteiger partial charge >= 0.3 is 0 Å². The van der Waals surface area contributed by atoms with Gasteiger partial charge in [0, 0.05) is 29.1 Å². The van der Waals surface area contributed by atoms with Crippen LogP contribution in [0.5, 0.6) is 0 Å². The van der Waals surface area contributed by atoms with Gasteiger partial charge in [-0.3, -0.25) is 10.1 Å². The maximum atomic E-state index is 10.8. The van der Waals surface area contributed by atoms with Gasteiger partial charge in [0.2, 0.25) is 0 Å². The highest BCUT2D eigenvalue weighted by Gasteiger charge is 2.16. The Balaban J connectivity index is 2.10. The summed E-state index contributed by atoms with van der Waals surface area (Å²) in [6.45, 7) is 1.76. The average Bonchev–Trinajstić information content (AvgIpc) is 2.32. The molecular weight excluding hydrogens is 236 g/mol. The van der Waals surface area contributed by atoms with Crippen LogP contribution in [0.25, 0.3) is 0 Å². The molecule has 0 bridgehead atoms. The first-order valence-electron chi connectivity index (χ1n) is 5.76. The van der Waals surface area contributed by atoms with Gasteiger partial charge < -0.3 is 5.32 Å². The molecule has 92 valence electrons. The van der Waals surface area contributed by atoms with Crippen LogP contribution in [0.2, 0.25) is 0 Å². The van der Waals surface area contributed by atoms with E-state index in [0.29, 0.717) is 11.6 Å². The third-order valence-corrected chi connectivity index (χ3v) is 4.15. The Hall–Kier alpha value is -1.23. The van der Waals surface area contributed by atoms with Crippen molar-refractivity contribution in [2.45, 2.75) is 25.8 Å². The van der Waals surface area contributed by atoms with Crippen LogP contribution in [0, 0.1) is 17.0 Å². The van der Waals surface area contributed by atoms with Crippen LogP contribution < -0.4 is 5.32 Å². The molecule has 1 atom stereocenters. The molecule has 0 spiro atoms. The highest BCUT2D eigenvalue weighted by atomic mass is 32.2. The normalized spacial score (nSPS) is 19.9. The van der Waals surface area contributed by atoms with Gasteiger partial charge in [0.1, 0.15) is 0 Å². The van der Waals surface area contributed by atoms with E-state index in [2.05, 4.69) is 5.32 Å². The minimum Gasteiger partial charge on any atom is -0.381 e. The van der Waals surface area contributed by atoms with E-state index < -0.39 is 0 Å². The Labute approximate surface area is 105 Å². The molecule has 0 saturated carbocycles. The molecule has 0 aliphatic carbocycles. The van der Waals surface area contributed by atoms with E-state index >= 15 is 0 Å². The Morgan fingerprint density at radius 3 is 3.00 bits per heavy atom. The lowest BCUT2D eigenvalue weighted by Gasteiger charge is -2.23. The summed E-state index contributed by atoms with van der Waals surface area (Å²) in [7, 11) is 0. The summed E-state index contributed by atoms with van der Waals surface area (Å²) in [6.07, 6.45) is 2.37. The van der Waals surface area contributed by atoms with E-state index in [1.54, 1.807) is 19.1 Å². The molecule has 1 unspecified atom stereocenters. The Morgan fingerprint density at radius 1 is 1.53 bits per heavy atom.